The van der Waals surface area contributed by atoms with Crippen LogP contribution >= 0.6 is 0 Å². The minimum atomic E-state index is -0.414. The molecule has 0 fully saturated rings. The molecule has 370 valence electrons. The molecule has 0 amide bonds. The highest BCUT2D eigenvalue weighted by atomic mass is 16.3. The molecule has 5 heterocycles. The lowest BCUT2D eigenvalue weighted by Gasteiger charge is -2.39. The zero-order valence-electron chi connectivity index (χ0n) is 51.5. The van der Waals surface area contributed by atoms with E-state index in [9.17, 15) is 2.74 Å². The van der Waals surface area contributed by atoms with Gasteiger partial charge in [0.05, 0.1) is 23.6 Å². The van der Waals surface area contributed by atoms with Crippen LogP contribution in [0.2, 0.25) is 0 Å². The van der Waals surface area contributed by atoms with Gasteiger partial charge in [-0.1, -0.05) is 179 Å². The van der Waals surface area contributed by atoms with Crippen molar-refractivity contribution in [1.29, 1.82) is 0 Å². The Morgan fingerprint density at radius 3 is 1.56 bits per heavy atom. The SMILES string of the molecule is [2H]c1c([2H])c([2H])c(-n2c3ccc(C(C)(C)C)cc3c3c4c5cc(C(C)(C)C)ccc5n5c4c(cc32)-c2cc(C(C)(C)C)cc3c2B5c2oc4c(C(C)(C)C)cc(C(C)(C)C)cc4c2N3c2ccc(C(C)(C)C)cc2)c([2H])c1[2H]. The maximum atomic E-state index is 9.56. The Labute approximate surface area is 441 Å². The fourth-order valence-corrected chi connectivity index (χ4v) is 12.0. The van der Waals surface area contributed by atoms with E-state index in [2.05, 4.69) is 225 Å². The van der Waals surface area contributed by atoms with Crippen molar-refractivity contribution >= 4 is 89.6 Å². The lowest BCUT2D eigenvalue weighted by molar-refractivity contribution is 0.557. The number of hydrogen-bond donors (Lipinski definition) is 0. The molecule has 5 heteroatoms. The van der Waals surface area contributed by atoms with Gasteiger partial charge in [0.1, 0.15) is 11.2 Å². The molecule has 3 aromatic heterocycles. The van der Waals surface area contributed by atoms with Crippen molar-refractivity contribution in [2.45, 2.75) is 157 Å². The van der Waals surface area contributed by atoms with E-state index in [1.165, 1.54) is 27.8 Å². The van der Waals surface area contributed by atoms with Crippen molar-refractivity contribution in [2.75, 3.05) is 4.90 Å². The number of fused-ring (bicyclic) bond motifs is 13. The van der Waals surface area contributed by atoms with Gasteiger partial charge in [0.15, 0.2) is 0 Å². The van der Waals surface area contributed by atoms with E-state index < -0.39 is 12.9 Å². The standard InChI is InChI=1S/C68H74BN3O/c1-63(2,3)39-24-28-45(29-25-39)71-55-37-43(67(13,14)15)34-46-47-38-54-56(48-32-40(64(4,5)6)26-30-52(48)70(54)44-22-20-19-21-23-44)57-49-33-41(65(7,8)9)27-31-53(49)72(59(47)57)69(58(46)55)62-60(71)50-35-42(66(10,11)12)36-51(61(50)73-62)68(16,17)18/h19-38H,1-18H3/i19D,20D,21D,22D,23D. The Morgan fingerprint density at radius 1 is 0.452 bits per heavy atom. The molecule has 2 aliphatic rings. The van der Waals surface area contributed by atoms with Crippen LogP contribution in [-0.4, -0.2) is 15.9 Å². The lowest BCUT2D eigenvalue weighted by atomic mass is 9.47. The Balaban J connectivity index is 1.36. The lowest BCUT2D eigenvalue weighted by Crippen LogP contribution is -2.56. The summed E-state index contributed by atoms with van der Waals surface area (Å²) in [5, 5.41) is 5.21. The van der Waals surface area contributed by atoms with Crippen LogP contribution in [-0.2, 0) is 32.5 Å². The molecule has 7 aromatic carbocycles. The zero-order chi connectivity index (χ0) is 56.4. The molecular weight excluding hydrogens is 886 g/mol. The van der Waals surface area contributed by atoms with Crippen molar-refractivity contribution in [3.63, 3.8) is 0 Å². The van der Waals surface area contributed by atoms with Gasteiger partial charge < -0.3 is 18.4 Å². The fourth-order valence-electron chi connectivity index (χ4n) is 12.0. The molecule has 73 heavy (non-hydrogen) atoms. The van der Waals surface area contributed by atoms with E-state index in [4.69, 9.17) is 8.53 Å². The van der Waals surface area contributed by atoms with Crippen LogP contribution in [0.15, 0.2) is 126 Å². The Hall–Kier alpha value is -6.46. The van der Waals surface area contributed by atoms with E-state index in [0.717, 1.165) is 99.5 Å². The second-order valence-electron chi connectivity index (χ2n) is 27.6. The van der Waals surface area contributed by atoms with E-state index >= 15 is 0 Å². The second kappa shape index (κ2) is 15.1. The van der Waals surface area contributed by atoms with Gasteiger partial charge in [-0.3, -0.25) is 0 Å². The summed E-state index contributed by atoms with van der Waals surface area (Å²) >= 11 is 0. The maximum Gasteiger partial charge on any atom is 0.375 e. The van der Waals surface area contributed by atoms with Crippen LogP contribution in [0.1, 0.15) is 165 Å². The highest BCUT2D eigenvalue weighted by Gasteiger charge is 2.48. The van der Waals surface area contributed by atoms with Crippen molar-refractivity contribution in [2.24, 2.45) is 0 Å². The normalized spacial score (nSPS) is 15.3. The monoisotopic (exact) mass is 965 g/mol. The largest absolute Gasteiger partial charge is 0.466 e. The van der Waals surface area contributed by atoms with Crippen LogP contribution < -0.4 is 16.0 Å². The summed E-state index contributed by atoms with van der Waals surface area (Å²) in [5.74, 6) is 0. The Morgan fingerprint density at radius 2 is 0.986 bits per heavy atom. The van der Waals surface area contributed by atoms with E-state index in [0.29, 0.717) is 0 Å². The van der Waals surface area contributed by atoms with Crippen molar-refractivity contribution in [3.8, 4) is 16.8 Å². The first-order valence-electron chi connectivity index (χ1n) is 29.0. The number of hydrogen-bond acceptors (Lipinski definition) is 2. The predicted octanol–water partition coefficient (Wildman–Crippen LogP) is 17.8. The highest BCUT2D eigenvalue weighted by Crippen LogP contribution is 2.53. The average molecular weight is 965 g/mol. The first kappa shape index (κ1) is 42.0. The van der Waals surface area contributed by atoms with Gasteiger partial charge in [-0.25, -0.2) is 0 Å². The molecule has 0 unspecified atom stereocenters. The minimum absolute atomic E-state index is 0.0533. The number of furan rings is 1. The molecular formula is C68H74BN3O. The van der Waals surface area contributed by atoms with E-state index in [1.807, 2.05) is 4.57 Å². The van der Waals surface area contributed by atoms with Gasteiger partial charge in [-0.15, -0.1) is 0 Å². The molecule has 0 bridgehead atoms. The van der Waals surface area contributed by atoms with Crippen LogP contribution in [0, 0.1) is 0 Å². The van der Waals surface area contributed by atoms with Crippen LogP contribution in [0.3, 0.4) is 0 Å². The summed E-state index contributed by atoms with van der Waals surface area (Å²) in [5.41, 5.74) is 18.2. The van der Waals surface area contributed by atoms with Crippen molar-refractivity contribution in [1.82, 2.24) is 9.05 Å². The third-order valence-electron chi connectivity index (χ3n) is 16.2. The molecule has 0 aliphatic carbocycles. The van der Waals surface area contributed by atoms with Crippen molar-refractivity contribution in [3.05, 3.63) is 155 Å². The summed E-state index contributed by atoms with van der Waals surface area (Å²) in [6.45, 7) is 40.6. The molecule has 0 saturated heterocycles. The summed E-state index contributed by atoms with van der Waals surface area (Å²) < 4.78 is 58.2. The number of benzene rings is 7. The summed E-state index contributed by atoms with van der Waals surface area (Å²) in [6.07, 6.45) is 0. The van der Waals surface area contributed by atoms with E-state index in [1.54, 1.807) is 0 Å². The molecule has 10 aromatic rings. The van der Waals surface area contributed by atoms with Gasteiger partial charge in [-0.05, 0) is 138 Å². The molecule has 0 atom stereocenters. The summed E-state index contributed by atoms with van der Waals surface area (Å²) in [7, 11) is 0. The first-order valence-corrected chi connectivity index (χ1v) is 26.5. The fraction of sp³-hybridized carbons (Fsp3) is 0.353. The Bertz CT molecular complexity index is 4230. The smallest absolute Gasteiger partial charge is 0.375 e. The predicted molar refractivity (Wildman–Crippen MR) is 316 cm³/mol. The molecule has 12 rings (SSSR count). The molecule has 0 spiro atoms. The third-order valence-corrected chi connectivity index (χ3v) is 16.2. The number of rotatable bonds is 2. The quantitative estimate of drug-likeness (QED) is 0.161. The Kier molecular flexibility index (Phi) is 8.67. The molecule has 2 aliphatic heterocycles. The molecule has 4 nitrogen and oxygen atoms in total. The van der Waals surface area contributed by atoms with Gasteiger partial charge in [0, 0.05) is 66.2 Å². The van der Waals surface area contributed by atoms with Gasteiger partial charge in [0.25, 0.3) is 0 Å². The van der Waals surface area contributed by atoms with E-state index in [-0.39, 0.29) is 62.3 Å². The summed E-state index contributed by atoms with van der Waals surface area (Å²) in [4.78, 5) is 2.50. The van der Waals surface area contributed by atoms with Crippen molar-refractivity contribution < 1.29 is 11.3 Å². The van der Waals surface area contributed by atoms with Gasteiger partial charge >= 0.3 is 6.85 Å². The minimum Gasteiger partial charge on any atom is -0.466 e. The van der Waals surface area contributed by atoms with Gasteiger partial charge in [-0.2, -0.15) is 0 Å². The van der Waals surface area contributed by atoms with Crippen LogP contribution in [0.5, 0.6) is 0 Å². The topological polar surface area (TPSA) is 26.2 Å². The van der Waals surface area contributed by atoms with Crippen LogP contribution in [0.4, 0.5) is 17.1 Å². The number of nitrogens with zero attached hydrogens (tertiary/aromatic N) is 3. The first-order chi connectivity index (χ1) is 36.1. The second-order valence-corrected chi connectivity index (χ2v) is 27.6. The third kappa shape index (κ3) is 7.07. The maximum absolute atomic E-state index is 9.56. The molecule has 0 radical (unpaired) electrons. The number of aromatic nitrogens is 2. The zero-order valence-corrected chi connectivity index (χ0v) is 46.5. The number of anilines is 3. The molecule has 0 saturated carbocycles. The summed E-state index contributed by atoms with van der Waals surface area (Å²) in [6, 6.07) is 33.0. The molecule has 0 N–H and O–H groups in total. The average Bonchev–Trinajstić information content (AvgIpc) is 2.90. The highest BCUT2D eigenvalue weighted by molar-refractivity contribution is 6.89. The van der Waals surface area contributed by atoms with Gasteiger partial charge in [0.2, 0.25) is 0 Å². The van der Waals surface area contributed by atoms with Crippen LogP contribution in [0.25, 0.3) is 71.4 Å². The number of para-hydroxylation sites is 1.